The number of benzene rings is 1. The number of carbonyl (C=O) groups is 1. The van der Waals surface area contributed by atoms with Gasteiger partial charge in [-0.15, -0.1) is 0 Å². The Labute approximate surface area is 105 Å². The van der Waals surface area contributed by atoms with Crippen LogP contribution in [0.5, 0.6) is 0 Å². The Bertz CT molecular complexity index is 572. The van der Waals surface area contributed by atoms with Gasteiger partial charge in [0.05, 0.1) is 6.61 Å². The molecule has 1 saturated heterocycles. The van der Waals surface area contributed by atoms with Crippen molar-refractivity contribution in [2.45, 2.75) is 6.10 Å². The summed E-state index contributed by atoms with van der Waals surface area (Å²) in [5.74, 6) is 0.0407. The van der Waals surface area contributed by atoms with Crippen LogP contribution in [0.2, 0.25) is 0 Å². The van der Waals surface area contributed by atoms with Gasteiger partial charge in [0.25, 0.3) is 0 Å². The van der Waals surface area contributed by atoms with Gasteiger partial charge < -0.3 is 10.1 Å². The van der Waals surface area contributed by atoms with Crippen LogP contribution in [-0.2, 0) is 4.74 Å². The van der Waals surface area contributed by atoms with Crippen molar-refractivity contribution in [3.05, 3.63) is 42.2 Å². The van der Waals surface area contributed by atoms with E-state index in [1.807, 2.05) is 24.3 Å². The van der Waals surface area contributed by atoms with E-state index in [0.29, 0.717) is 18.7 Å². The maximum Gasteiger partial charge on any atom is 0.193 e. The maximum absolute atomic E-state index is 12.4. The van der Waals surface area contributed by atoms with Crippen molar-refractivity contribution in [3.63, 3.8) is 0 Å². The van der Waals surface area contributed by atoms with Crippen molar-refractivity contribution in [2.24, 2.45) is 0 Å². The quantitative estimate of drug-likeness (QED) is 0.809. The van der Waals surface area contributed by atoms with Crippen LogP contribution in [0.15, 0.2) is 36.7 Å². The highest BCUT2D eigenvalue weighted by atomic mass is 16.5. The first kappa shape index (κ1) is 11.3. The molecule has 18 heavy (non-hydrogen) atoms. The van der Waals surface area contributed by atoms with Gasteiger partial charge in [-0.05, 0) is 11.5 Å². The monoisotopic (exact) mass is 242 g/mol. The zero-order valence-corrected chi connectivity index (χ0v) is 9.93. The lowest BCUT2D eigenvalue weighted by molar-refractivity contribution is 0.0270. The Balaban J connectivity index is 2.00. The smallest absolute Gasteiger partial charge is 0.193 e. The Morgan fingerprint density at radius 2 is 2.33 bits per heavy atom. The summed E-state index contributed by atoms with van der Waals surface area (Å²) < 4.78 is 5.52. The average molecular weight is 242 g/mol. The molecule has 1 N–H and O–H groups in total. The van der Waals surface area contributed by atoms with Gasteiger partial charge in [-0.25, -0.2) is 0 Å². The summed E-state index contributed by atoms with van der Waals surface area (Å²) in [4.78, 5) is 16.5. The molecular weight excluding hydrogens is 228 g/mol. The topological polar surface area (TPSA) is 51.2 Å². The highest BCUT2D eigenvalue weighted by Gasteiger charge is 2.24. The fraction of sp³-hybridized carbons (Fsp3) is 0.286. The minimum atomic E-state index is -0.377. The molecule has 0 radical (unpaired) electrons. The molecule has 0 saturated carbocycles. The zero-order chi connectivity index (χ0) is 12.4. The summed E-state index contributed by atoms with van der Waals surface area (Å²) in [6, 6.07) is 7.56. The fourth-order valence-corrected chi connectivity index (χ4v) is 2.24. The van der Waals surface area contributed by atoms with E-state index in [9.17, 15) is 4.79 Å². The van der Waals surface area contributed by atoms with Crippen LogP contribution in [0.3, 0.4) is 0 Å². The molecular formula is C14H14N2O2. The lowest BCUT2D eigenvalue weighted by Crippen LogP contribution is -2.43. The highest BCUT2D eigenvalue weighted by molar-refractivity contribution is 6.10. The lowest BCUT2D eigenvalue weighted by Gasteiger charge is -2.22. The van der Waals surface area contributed by atoms with E-state index in [1.54, 1.807) is 12.4 Å². The van der Waals surface area contributed by atoms with Crippen LogP contribution in [0.25, 0.3) is 10.8 Å². The number of carbonyl (C=O) groups excluding carboxylic acids is 1. The van der Waals surface area contributed by atoms with Gasteiger partial charge in [-0.1, -0.05) is 18.2 Å². The third-order valence-corrected chi connectivity index (χ3v) is 3.17. The van der Waals surface area contributed by atoms with E-state index in [-0.39, 0.29) is 11.9 Å². The fourth-order valence-electron chi connectivity index (χ4n) is 2.24. The lowest BCUT2D eigenvalue weighted by atomic mass is 9.99. The molecule has 3 rings (SSSR count). The third-order valence-electron chi connectivity index (χ3n) is 3.17. The molecule has 0 aliphatic carbocycles. The Morgan fingerprint density at radius 3 is 3.17 bits per heavy atom. The van der Waals surface area contributed by atoms with E-state index in [1.165, 1.54) is 0 Å². The highest BCUT2D eigenvalue weighted by Crippen LogP contribution is 2.20. The molecule has 0 bridgehead atoms. The molecule has 1 aromatic carbocycles. The van der Waals surface area contributed by atoms with Crippen molar-refractivity contribution >= 4 is 16.6 Å². The number of morpholine rings is 1. The second-order valence-electron chi connectivity index (χ2n) is 4.33. The number of hydrogen-bond donors (Lipinski definition) is 1. The van der Waals surface area contributed by atoms with Crippen LogP contribution in [0, 0.1) is 0 Å². The standard InChI is InChI=1S/C14H14N2O2/c17-14(13-9-16-6-7-18-13)12-3-1-2-10-8-15-5-4-11(10)12/h1-5,8,13,16H,6-7,9H2. The second-order valence-corrected chi connectivity index (χ2v) is 4.33. The van der Waals surface area contributed by atoms with E-state index in [4.69, 9.17) is 4.74 Å². The Morgan fingerprint density at radius 1 is 1.39 bits per heavy atom. The molecule has 1 aliphatic rings. The summed E-state index contributed by atoms with van der Waals surface area (Å²) in [5, 5.41) is 5.09. The predicted octanol–water partition coefficient (Wildman–Crippen LogP) is 1.41. The van der Waals surface area contributed by atoms with Crippen molar-refractivity contribution in [3.8, 4) is 0 Å². The van der Waals surface area contributed by atoms with Gasteiger partial charge in [0, 0.05) is 36.4 Å². The van der Waals surface area contributed by atoms with E-state index in [2.05, 4.69) is 10.3 Å². The first-order valence-corrected chi connectivity index (χ1v) is 6.05. The number of pyridine rings is 1. The zero-order valence-electron chi connectivity index (χ0n) is 9.93. The molecule has 1 aliphatic heterocycles. The minimum Gasteiger partial charge on any atom is -0.367 e. The number of hydrogen-bond acceptors (Lipinski definition) is 4. The first-order chi connectivity index (χ1) is 8.86. The summed E-state index contributed by atoms with van der Waals surface area (Å²) in [6.07, 6.45) is 3.10. The number of fused-ring (bicyclic) bond motifs is 1. The molecule has 1 fully saturated rings. The molecule has 4 heteroatoms. The predicted molar refractivity (Wildman–Crippen MR) is 68.7 cm³/mol. The van der Waals surface area contributed by atoms with Gasteiger partial charge in [0.1, 0.15) is 6.10 Å². The largest absolute Gasteiger partial charge is 0.367 e. The second kappa shape index (κ2) is 4.84. The van der Waals surface area contributed by atoms with E-state index < -0.39 is 0 Å². The Kier molecular flexibility index (Phi) is 3.04. The van der Waals surface area contributed by atoms with Crippen LogP contribution in [0.1, 0.15) is 10.4 Å². The van der Waals surface area contributed by atoms with Crippen molar-refractivity contribution < 1.29 is 9.53 Å². The summed E-state index contributed by atoms with van der Waals surface area (Å²) >= 11 is 0. The number of nitrogens with one attached hydrogen (secondary N) is 1. The van der Waals surface area contributed by atoms with Crippen molar-refractivity contribution in [1.82, 2.24) is 10.3 Å². The average Bonchev–Trinajstić information content (AvgIpc) is 2.47. The number of ketones is 1. The number of nitrogens with zero attached hydrogens (tertiary/aromatic N) is 1. The molecule has 2 aromatic rings. The van der Waals surface area contributed by atoms with E-state index in [0.717, 1.165) is 17.3 Å². The maximum atomic E-state index is 12.4. The molecule has 1 atom stereocenters. The molecule has 0 spiro atoms. The van der Waals surface area contributed by atoms with Gasteiger partial charge in [0.15, 0.2) is 5.78 Å². The molecule has 1 unspecified atom stereocenters. The van der Waals surface area contributed by atoms with Crippen molar-refractivity contribution in [2.75, 3.05) is 19.7 Å². The SMILES string of the molecule is O=C(c1cccc2cnccc12)C1CNCCO1. The summed E-state index contributed by atoms with van der Waals surface area (Å²) in [6.45, 7) is 1.98. The molecule has 92 valence electrons. The minimum absolute atomic E-state index is 0.0407. The van der Waals surface area contributed by atoms with Gasteiger partial charge in [0.2, 0.25) is 0 Å². The number of ether oxygens (including phenoxy) is 1. The van der Waals surface area contributed by atoms with Crippen LogP contribution >= 0.6 is 0 Å². The molecule has 2 heterocycles. The van der Waals surface area contributed by atoms with Gasteiger partial charge in [-0.3, -0.25) is 9.78 Å². The van der Waals surface area contributed by atoms with Crippen LogP contribution in [-0.4, -0.2) is 36.6 Å². The number of rotatable bonds is 2. The number of aromatic nitrogens is 1. The first-order valence-electron chi connectivity index (χ1n) is 6.05. The van der Waals surface area contributed by atoms with Crippen molar-refractivity contribution in [1.29, 1.82) is 0 Å². The Hall–Kier alpha value is -1.78. The van der Waals surface area contributed by atoms with E-state index >= 15 is 0 Å². The van der Waals surface area contributed by atoms with Gasteiger partial charge >= 0.3 is 0 Å². The molecule has 4 nitrogen and oxygen atoms in total. The number of Topliss-reactive ketones (excluding diaryl/α,β-unsaturated/α-hetero) is 1. The normalized spacial score (nSPS) is 19.9. The van der Waals surface area contributed by atoms with Crippen LogP contribution in [0.4, 0.5) is 0 Å². The van der Waals surface area contributed by atoms with Gasteiger partial charge in [-0.2, -0.15) is 0 Å². The summed E-state index contributed by atoms with van der Waals surface area (Å²) in [5.41, 5.74) is 0.712. The molecule has 0 amide bonds. The summed E-state index contributed by atoms with van der Waals surface area (Å²) in [7, 11) is 0. The van der Waals surface area contributed by atoms with Crippen LogP contribution < -0.4 is 5.32 Å². The molecule has 1 aromatic heterocycles. The third kappa shape index (κ3) is 2.00.